The molecular formula is C14H17N3O2. The Labute approximate surface area is 111 Å². The highest BCUT2D eigenvalue weighted by atomic mass is 16.5. The number of benzene rings is 1. The quantitative estimate of drug-likeness (QED) is 0.856. The SMILES string of the molecule is Cc1cc(-c2nc(CC3CCCO3)no2)ccc1N. The molecule has 0 bridgehead atoms. The van der Waals surface area contributed by atoms with Crippen molar-refractivity contribution in [3.05, 3.63) is 29.6 Å². The monoisotopic (exact) mass is 259 g/mol. The zero-order chi connectivity index (χ0) is 13.2. The Morgan fingerprint density at radius 2 is 2.32 bits per heavy atom. The largest absolute Gasteiger partial charge is 0.399 e. The lowest BCUT2D eigenvalue weighted by molar-refractivity contribution is 0.109. The van der Waals surface area contributed by atoms with Crippen LogP contribution in [-0.4, -0.2) is 22.9 Å². The van der Waals surface area contributed by atoms with Gasteiger partial charge in [-0.1, -0.05) is 5.16 Å². The normalized spacial score (nSPS) is 18.9. The average Bonchev–Trinajstić information content (AvgIpc) is 3.05. The van der Waals surface area contributed by atoms with Crippen LogP contribution in [0.3, 0.4) is 0 Å². The molecule has 1 aromatic carbocycles. The molecular weight excluding hydrogens is 242 g/mol. The molecule has 2 N–H and O–H groups in total. The molecule has 2 aromatic rings. The molecule has 1 fully saturated rings. The van der Waals surface area contributed by atoms with E-state index in [0.29, 0.717) is 11.7 Å². The highest BCUT2D eigenvalue weighted by Crippen LogP contribution is 2.23. The van der Waals surface area contributed by atoms with Crippen molar-refractivity contribution in [2.24, 2.45) is 0 Å². The molecule has 0 radical (unpaired) electrons. The molecule has 0 amide bonds. The second-order valence-electron chi connectivity index (χ2n) is 4.93. The van der Waals surface area contributed by atoms with Crippen LogP contribution in [0.25, 0.3) is 11.5 Å². The lowest BCUT2D eigenvalue weighted by atomic mass is 10.1. The van der Waals surface area contributed by atoms with Crippen molar-refractivity contribution in [2.45, 2.75) is 32.3 Å². The number of nitrogens with zero attached hydrogens (tertiary/aromatic N) is 2. The second-order valence-corrected chi connectivity index (χ2v) is 4.93. The first-order valence-electron chi connectivity index (χ1n) is 6.53. The molecule has 100 valence electrons. The van der Waals surface area contributed by atoms with Gasteiger partial charge < -0.3 is 15.0 Å². The predicted molar refractivity (Wildman–Crippen MR) is 71.6 cm³/mol. The molecule has 5 nitrogen and oxygen atoms in total. The van der Waals surface area contributed by atoms with E-state index in [0.717, 1.165) is 42.7 Å². The molecule has 1 unspecified atom stereocenters. The topological polar surface area (TPSA) is 74.2 Å². The van der Waals surface area contributed by atoms with Crippen molar-refractivity contribution in [3.8, 4) is 11.5 Å². The van der Waals surface area contributed by atoms with Crippen LogP contribution in [0.1, 0.15) is 24.2 Å². The molecule has 1 atom stereocenters. The van der Waals surface area contributed by atoms with Crippen molar-refractivity contribution in [3.63, 3.8) is 0 Å². The summed E-state index contributed by atoms with van der Waals surface area (Å²) < 4.78 is 10.9. The van der Waals surface area contributed by atoms with Gasteiger partial charge in [-0.2, -0.15) is 4.98 Å². The Bertz CT molecular complexity index is 574. The third-order valence-corrected chi connectivity index (χ3v) is 3.42. The average molecular weight is 259 g/mol. The Balaban J connectivity index is 1.78. The second kappa shape index (κ2) is 5.01. The Morgan fingerprint density at radius 3 is 3.05 bits per heavy atom. The highest BCUT2D eigenvalue weighted by molar-refractivity contribution is 5.60. The Hall–Kier alpha value is -1.88. The molecule has 1 saturated heterocycles. The summed E-state index contributed by atoms with van der Waals surface area (Å²) in [5, 5.41) is 4.01. The minimum Gasteiger partial charge on any atom is -0.399 e. The summed E-state index contributed by atoms with van der Waals surface area (Å²) in [7, 11) is 0. The van der Waals surface area contributed by atoms with Gasteiger partial charge in [0.15, 0.2) is 5.82 Å². The van der Waals surface area contributed by atoms with Crippen LogP contribution in [0.15, 0.2) is 22.7 Å². The van der Waals surface area contributed by atoms with Gasteiger partial charge in [0.25, 0.3) is 5.89 Å². The minimum absolute atomic E-state index is 0.235. The maximum Gasteiger partial charge on any atom is 0.257 e. The van der Waals surface area contributed by atoms with E-state index in [9.17, 15) is 0 Å². The molecule has 0 spiro atoms. The van der Waals surface area contributed by atoms with Crippen LogP contribution in [0.5, 0.6) is 0 Å². The van der Waals surface area contributed by atoms with Crippen LogP contribution >= 0.6 is 0 Å². The van der Waals surface area contributed by atoms with E-state index in [1.165, 1.54) is 0 Å². The van der Waals surface area contributed by atoms with Gasteiger partial charge in [-0.3, -0.25) is 0 Å². The Morgan fingerprint density at radius 1 is 1.42 bits per heavy atom. The van der Waals surface area contributed by atoms with Gasteiger partial charge >= 0.3 is 0 Å². The highest BCUT2D eigenvalue weighted by Gasteiger charge is 2.19. The van der Waals surface area contributed by atoms with Gasteiger partial charge in [-0.15, -0.1) is 0 Å². The van der Waals surface area contributed by atoms with Crippen molar-refractivity contribution in [1.82, 2.24) is 10.1 Å². The van der Waals surface area contributed by atoms with E-state index >= 15 is 0 Å². The summed E-state index contributed by atoms with van der Waals surface area (Å²) in [5.74, 6) is 1.24. The first kappa shape index (κ1) is 12.2. The first-order chi connectivity index (χ1) is 9.22. The number of anilines is 1. The van der Waals surface area contributed by atoms with E-state index in [2.05, 4.69) is 10.1 Å². The molecule has 5 heteroatoms. The smallest absolute Gasteiger partial charge is 0.257 e. The summed E-state index contributed by atoms with van der Waals surface area (Å²) in [6.07, 6.45) is 3.15. The molecule has 19 heavy (non-hydrogen) atoms. The van der Waals surface area contributed by atoms with E-state index in [4.69, 9.17) is 15.0 Å². The van der Waals surface area contributed by atoms with Crippen LogP contribution in [0.4, 0.5) is 5.69 Å². The summed E-state index contributed by atoms with van der Waals surface area (Å²) >= 11 is 0. The Kier molecular flexibility index (Phi) is 3.21. The van der Waals surface area contributed by atoms with Crippen molar-refractivity contribution in [2.75, 3.05) is 12.3 Å². The summed E-state index contributed by atoms with van der Waals surface area (Å²) in [6.45, 7) is 2.80. The minimum atomic E-state index is 0.235. The van der Waals surface area contributed by atoms with Crippen LogP contribution in [0.2, 0.25) is 0 Å². The zero-order valence-electron chi connectivity index (χ0n) is 10.9. The van der Waals surface area contributed by atoms with Crippen molar-refractivity contribution < 1.29 is 9.26 Å². The molecule has 1 aromatic heterocycles. The fourth-order valence-corrected chi connectivity index (χ4v) is 2.27. The lowest BCUT2D eigenvalue weighted by Crippen LogP contribution is -2.09. The van der Waals surface area contributed by atoms with Gasteiger partial charge in [0, 0.05) is 24.3 Å². The maximum absolute atomic E-state index is 5.80. The number of aryl methyl sites for hydroxylation is 1. The zero-order valence-corrected chi connectivity index (χ0v) is 10.9. The number of nitrogen functional groups attached to an aromatic ring is 1. The van der Waals surface area contributed by atoms with E-state index in [1.54, 1.807) is 0 Å². The number of nitrogens with two attached hydrogens (primary N) is 1. The van der Waals surface area contributed by atoms with E-state index in [-0.39, 0.29) is 6.10 Å². The first-order valence-corrected chi connectivity index (χ1v) is 6.53. The van der Waals surface area contributed by atoms with Gasteiger partial charge in [0.1, 0.15) is 0 Å². The number of aromatic nitrogens is 2. The van der Waals surface area contributed by atoms with Crippen molar-refractivity contribution >= 4 is 5.69 Å². The fourth-order valence-electron chi connectivity index (χ4n) is 2.27. The number of rotatable bonds is 3. The standard InChI is InChI=1S/C14H17N3O2/c1-9-7-10(4-5-12(9)15)14-16-13(17-19-14)8-11-3-2-6-18-11/h4-5,7,11H,2-3,6,8,15H2,1H3. The summed E-state index contributed by atoms with van der Waals surface area (Å²) in [4.78, 5) is 4.42. The third kappa shape index (κ3) is 2.61. The van der Waals surface area contributed by atoms with Gasteiger partial charge in [-0.25, -0.2) is 0 Å². The molecule has 2 heterocycles. The number of ether oxygens (including phenoxy) is 1. The maximum atomic E-state index is 5.80. The van der Waals surface area contributed by atoms with Gasteiger partial charge in [0.05, 0.1) is 6.10 Å². The van der Waals surface area contributed by atoms with Crippen LogP contribution in [-0.2, 0) is 11.2 Å². The molecule has 0 saturated carbocycles. The predicted octanol–water partition coefficient (Wildman–Crippen LogP) is 2.35. The molecule has 0 aliphatic carbocycles. The summed E-state index contributed by atoms with van der Waals surface area (Å²) in [6, 6.07) is 5.71. The molecule has 1 aliphatic rings. The van der Waals surface area contributed by atoms with Crippen LogP contribution < -0.4 is 5.73 Å². The van der Waals surface area contributed by atoms with E-state index < -0.39 is 0 Å². The fraction of sp³-hybridized carbons (Fsp3) is 0.429. The van der Waals surface area contributed by atoms with Gasteiger partial charge in [0.2, 0.25) is 0 Å². The van der Waals surface area contributed by atoms with E-state index in [1.807, 2.05) is 25.1 Å². The van der Waals surface area contributed by atoms with Gasteiger partial charge in [-0.05, 0) is 43.5 Å². The van der Waals surface area contributed by atoms with Crippen LogP contribution in [0, 0.1) is 6.92 Å². The third-order valence-electron chi connectivity index (χ3n) is 3.42. The molecule has 1 aliphatic heterocycles. The lowest BCUT2D eigenvalue weighted by Gasteiger charge is -2.04. The number of hydrogen-bond acceptors (Lipinski definition) is 5. The van der Waals surface area contributed by atoms with Crippen molar-refractivity contribution in [1.29, 1.82) is 0 Å². The summed E-state index contributed by atoms with van der Waals surface area (Å²) in [5.41, 5.74) is 8.48. The molecule has 3 rings (SSSR count). The number of hydrogen-bond donors (Lipinski definition) is 1.